The van der Waals surface area contributed by atoms with Gasteiger partial charge in [0.05, 0.1) is 18.2 Å². The highest BCUT2D eigenvalue weighted by Gasteiger charge is 2.25. The van der Waals surface area contributed by atoms with Crippen molar-refractivity contribution in [2.75, 3.05) is 18.1 Å². The molecule has 1 aliphatic rings. The number of hydrogen-bond acceptors (Lipinski definition) is 4. The summed E-state index contributed by atoms with van der Waals surface area (Å²) in [4.78, 5) is 16.9. The second-order valence-corrected chi connectivity index (χ2v) is 4.40. The Hall–Kier alpha value is -1.33. The third-order valence-corrected chi connectivity index (χ3v) is 3.10. The van der Waals surface area contributed by atoms with Gasteiger partial charge in [-0.15, -0.1) is 0 Å². The number of carbonyl (C=O) groups is 1. The highest BCUT2D eigenvalue weighted by atomic mass is 35.5. The summed E-state index contributed by atoms with van der Waals surface area (Å²) in [6.45, 7) is 0.800. The van der Waals surface area contributed by atoms with Gasteiger partial charge in [-0.25, -0.2) is 9.78 Å². The molecule has 0 aromatic carbocycles. The molecule has 0 amide bonds. The molecule has 2 rings (SSSR count). The van der Waals surface area contributed by atoms with Crippen LogP contribution in [-0.4, -0.2) is 40.4 Å². The summed E-state index contributed by atoms with van der Waals surface area (Å²) in [7, 11) is 0. The summed E-state index contributed by atoms with van der Waals surface area (Å²) in [6, 6.07) is 2.81. The summed E-state index contributed by atoms with van der Waals surface area (Å²) in [5.74, 6) is -0.512. The molecule has 1 aromatic heterocycles. The molecule has 0 radical (unpaired) electrons. The molecule has 0 saturated carbocycles. The number of anilines is 1. The van der Waals surface area contributed by atoms with Crippen molar-refractivity contribution >= 4 is 23.4 Å². The Morgan fingerprint density at radius 1 is 1.59 bits per heavy atom. The van der Waals surface area contributed by atoms with Gasteiger partial charge in [0.1, 0.15) is 11.0 Å². The molecule has 5 nitrogen and oxygen atoms in total. The molecule has 0 aliphatic carbocycles. The molecular formula is C11H13ClN2O3. The summed E-state index contributed by atoms with van der Waals surface area (Å²) in [6.07, 6.45) is 1.84. The van der Waals surface area contributed by atoms with E-state index in [1.807, 2.05) is 4.90 Å². The number of aliphatic hydroxyl groups is 1. The van der Waals surface area contributed by atoms with E-state index in [4.69, 9.17) is 16.7 Å². The number of hydrogen-bond donors (Lipinski definition) is 2. The first-order valence-electron chi connectivity index (χ1n) is 5.40. The lowest BCUT2D eigenvalue weighted by Crippen LogP contribution is -2.32. The standard InChI is InChI=1S/C11H13ClN2O3/c12-9-4-7(11(16)17)5-10(13-9)14-3-1-2-8(14)6-15/h4-5,8,15H,1-3,6H2,(H,16,17). The van der Waals surface area contributed by atoms with Crippen LogP contribution in [-0.2, 0) is 0 Å². The molecule has 2 heterocycles. The first kappa shape index (κ1) is 12.1. The van der Waals surface area contributed by atoms with Crippen LogP contribution < -0.4 is 4.90 Å². The van der Waals surface area contributed by atoms with Crippen LogP contribution in [0.3, 0.4) is 0 Å². The number of aromatic nitrogens is 1. The SMILES string of the molecule is O=C(O)c1cc(Cl)nc(N2CCCC2CO)c1. The number of halogens is 1. The van der Waals surface area contributed by atoms with Crippen molar-refractivity contribution in [1.29, 1.82) is 0 Å². The topological polar surface area (TPSA) is 73.7 Å². The van der Waals surface area contributed by atoms with Crippen LogP contribution >= 0.6 is 11.6 Å². The summed E-state index contributed by atoms with van der Waals surface area (Å²) in [5, 5.41) is 18.3. The Morgan fingerprint density at radius 3 is 3.00 bits per heavy atom. The Morgan fingerprint density at radius 2 is 2.35 bits per heavy atom. The van der Waals surface area contributed by atoms with Crippen LogP contribution in [0.2, 0.25) is 5.15 Å². The quantitative estimate of drug-likeness (QED) is 0.800. The zero-order chi connectivity index (χ0) is 12.4. The van der Waals surface area contributed by atoms with E-state index >= 15 is 0 Å². The van der Waals surface area contributed by atoms with E-state index in [9.17, 15) is 9.90 Å². The summed E-state index contributed by atoms with van der Waals surface area (Å²) < 4.78 is 0. The lowest BCUT2D eigenvalue weighted by atomic mass is 10.2. The molecule has 1 saturated heterocycles. The van der Waals surface area contributed by atoms with Crippen molar-refractivity contribution < 1.29 is 15.0 Å². The van der Waals surface area contributed by atoms with Crippen LogP contribution in [0.4, 0.5) is 5.82 Å². The minimum absolute atomic E-state index is 0.00242. The lowest BCUT2D eigenvalue weighted by Gasteiger charge is -2.24. The van der Waals surface area contributed by atoms with E-state index in [1.54, 1.807) is 0 Å². The number of carboxylic acids is 1. The van der Waals surface area contributed by atoms with E-state index in [0.29, 0.717) is 5.82 Å². The highest BCUT2D eigenvalue weighted by Crippen LogP contribution is 2.26. The third-order valence-electron chi connectivity index (χ3n) is 2.91. The average molecular weight is 257 g/mol. The molecule has 6 heteroatoms. The second-order valence-electron chi connectivity index (χ2n) is 4.01. The molecule has 17 heavy (non-hydrogen) atoms. The number of nitrogens with zero attached hydrogens (tertiary/aromatic N) is 2. The van der Waals surface area contributed by atoms with Crippen molar-refractivity contribution in [3.05, 3.63) is 22.8 Å². The van der Waals surface area contributed by atoms with Gasteiger partial charge in [-0.3, -0.25) is 0 Å². The number of rotatable bonds is 3. The first-order valence-corrected chi connectivity index (χ1v) is 5.78. The Bertz CT molecular complexity index is 439. The van der Waals surface area contributed by atoms with Crippen molar-refractivity contribution in [3.63, 3.8) is 0 Å². The molecule has 1 aliphatic heterocycles. The maximum atomic E-state index is 10.9. The van der Waals surface area contributed by atoms with Crippen LogP contribution in [0, 0.1) is 0 Å². The van der Waals surface area contributed by atoms with Gasteiger partial charge >= 0.3 is 5.97 Å². The van der Waals surface area contributed by atoms with Crippen LogP contribution in [0.1, 0.15) is 23.2 Å². The minimum Gasteiger partial charge on any atom is -0.478 e. The van der Waals surface area contributed by atoms with Gasteiger partial charge in [-0.1, -0.05) is 11.6 Å². The van der Waals surface area contributed by atoms with Crippen molar-refractivity contribution in [2.45, 2.75) is 18.9 Å². The number of aliphatic hydroxyl groups excluding tert-OH is 1. The average Bonchev–Trinajstić information content (AvgIpc) is 2.76. The van der Waals surface area contributed by atoms with Gasteiger partial charge in [0.2, 0.25) is 0 Å². The Kier molecular flexibility index (Phi) is 3.49. The third kappa shape index (κ3) is 2.50. The van der Waals surface area contributed by atoms with Gasteiger partial charge in [0.25, 0.3) is 0 Å². The van der Waals surface area contributed by atoms with Crippen molar-refractivity contribution in [2.24, 2.45) is 0 Å². The van der Waals surface area contributed by atoms with Crippen molar-refractivity contribution in [1.82, 2.24) is 4.98 Å². The van der Waals surface area contributed by atoms with E-state index in [0.717, 1.165) is 19.4 Å². The smallest absolute Gasteiger partial charge is 0.335 e. The lowest BCUT2D eigenvalue weighted by molar-refractivity contribution is 0.0697. The predicted molar refractivity (Wildman–Crippen MR) is 63.7 cm³/mol. The van der Waals surface area contributed by atoms with Gasteiger partial charge in [-0.05, 0) is 25.0 Å². The molecule has 1 atom stereocenters. The maximum Gasteiger partial charge on any atom is 0.335 e. The monoisotopic (exact) mass is 256 g/mol. The van der Waals surface area contributed by atoms with Crippen LogP contribution in [0.15, 0.2) is 12.1 Å². The highest BCUT2D eigenvalue weighted by molar-refractivity contribution is 6.29. The van der Waals surface area contributed by atoms with Gasteiger partial charge in [-0.2, -0.15) is 0 Å². The Balaban J connectivity index is 2.34. The molecule has 1 fully saturated rings. The van der Waals surface area contributed by atoms with E-state index in [-0.39, 0.29) is 23.4 Å². The predicted octanol–water partition coefficient (Wildman–Crippen LogP) is 1.39. The Labute approximate surface area is 104 Å². The number of pyridine rings is 1. The number of carboxylic acid groups (broad SMARTS) is 1. The molecule has 1 aromatic rings. The molecule has 0 bridgehead atoms. The van der Waals surface area contributed by atoms with E-state index in [2.05, 4.69) is 4.98 Å². The fourth-order valence-electron chi connectivity index (χ4n) is 2.08. The largest absolute Gasteiger partial charge is 0.478 e. The first-order chi connectivity index (χ1) is 8.11. The molecular weight excluding hydrogens is 244 g/mol. The van der Waals surface area contributed by atoms with Crippen molar-refractivity contribution in [3.8, 4) is 0 Å². The fourth-order valence-corrected chi connectivity index (χ4v) is 2.28. The zero-order valence-corrected chi connectivity index (χ0v) is 9.89. The second kappa shape index (κ2) is 4.89. The summed E-state index contributed by atoms with van der Waals surface area (Å²) in [5.41, 5.74) is 0.114. The van der Waals surface area contributed by atoms with Gasteiger partial charge in [0, 0.05) is 6.54 Å². The number of aromatic carboxylic acids is 1. The van der Waals surface area contributed by atoms with E-state index in [1.165, 1.54) is 12.1 Å². The molecule has 92 valence electrons. The zero-order valence-electron chi connectivity index (χ0n) is 9.14. The fraction of sp³-hybridized carbons (Fsp3) is 0.455. The molecule has 0 spiro atoms. The van der Waals surface area contributed by atoms with Gasteiger partial charge < -0.3 is 15.1 Å². The molecule has 2 N–H and O–H groups in total. The summed E-state index contributed by atoms with van der Waals surface area (Å²) >= 11 is 5.80. The minimum atomic E-state index is -1.03. The van der Waals surface area contributed by atoms with Crippen LogP contribution in [0.5, 0.6) is 0 Å². The van der Waals surface area contributed by atoms with E-state index < -0.39 is 5.97 Å². The maximum absolute atomic E-state index is 10.9. The van der Waals surface area contributed by atoms with Crippen LogP contribution in [0.25, 0.3) is 0 Å². The van der Waals surface area contributed by atoms with Gasteiger partial charge in [0.15, 0.2) is 0 Å². The normalized spacial score (nSPS) is 19.6. The molecule has 1 unspecified atom stereocenters.